The van der Waals surface area contributed by atoms with Gasteiger partial charge in [0.2, 0.25) is 0 Å². The molecule has 0 saturated heterocycles. The fourth-order valence-electron chi connectivity index (χ4n) is 0.785. The monoisotopic (exact) mass is 250 g/mol. The first-order chi connectivity index (χ1) is 8.44. The van der Waals surface area contributed by atoms with E-state index in [4.69, 9.17) is 32.3 Å². The lowest BCUT2D eigenvalue weighted by Gasteiger charge is -1.95. The van der Waals surface area contributed by atoms with Gasteiger partial charge in [0.25, 0.3) is 0 Å². The minimum absolute atomic E-state index is 0.0186. The smallest absolute Gasteiger partial charge is 0.335 e. The minimum atomic E-state index is -1.13. The maximum Gasteiger partial charge on any atom is 0.335 e. The molecule has 18 heavy (non-hydrogen) atoms. The molecule has 94 valence electrons. The molecule has 0 aliphatic heterocycles. The lowest BCUT2D eigenvalue weighted by molar-refractivity contribution is 0.0696. The molecule has 1 rings (SSSR count). The maximum absolute atomic E-state index is 10.4. The molecule has 0 atom stereocenters. The third-order valence-corrected chi connectivity index (χ3v) is 1.36. The van der Waals surface area contributed by atoms with Crippen LogP contribution in [0, 0.1) is 0 Å². The molecule has 0 radical (unpaired) electrons. The van der Waals surface area contributed by atoms with Crippen LogP contribution in [0.3, 0.4) is 0 Å². The SMILES string of the molecule is O=C(O)c1cccc(C(=O)O)c1.[N-]=[N+]=[N-].[N-]=[N+]=[N-]. The first-order valence-corrected chi connectivity index (χ1v) is 3.98. The average Bonchev–Trinajstić information content (AvgIpc) is 2.31. The first-order valence-electron chi connectivity index (χ1n) is 3.98. The second-order valence-electron chi connectivity index (χ2n) is 2.37. The minimum Gasteiger partial charge on any atom is -0.478 e. The zero-order chi connectivity index (χ0) is 14.6. The molecular formula is C8H6N6O4-2. The predicted octanol–water partition coefficient (Wildman–Crippen LogP) is 2.82. The molecule has 10 nitrogen and oxygen atoms in total. The first kappa shape index (κ1) is 17.2. The van der Waals surface area contributed by atoms with Gasteiger partial charge in [0.15, 0.2) is 0 Å². The van der Waals surface area contributed by atoms with Crippen molar-refractivity contribution in [1.82, 2.24) is 0 Å². The normalized spacial score (nSPS) is 7.11. The molecule has 0 aliphatic rings. The summed E-state index contributed by atoms with van der Waals surface area (Å²) in [7, 11) is 0. The van der Waals surface area contributed by atoms with Crippen molar-refractivity contribution in [1.29, 1.82) is 0 Å². The summed E-state index contributed by atoms with van der Waals surface area (Å²) < 4.78 is 0. The lowest BCUT2D eigenvalue weighted by atomic mass is 10.1. The van der Waals surface area contributed by atoms with E-state index in [0.29, 0.717) is 0 Å². The van der Waals surface area contributed by atoms with Gasteiger partial charge in [-0.15, -0.1) is 0 Å². The summed E-state index contributed by atoms with van der Waals surface area (Å²) in [5.74, 6) is -2.25. The second kappa shape index (κ2) is 10.3. The molecule has 1 aromatic carbocycles. The van der Waals surface area contributed by atoms with Crippen LogP contribution in [-0.4, -0.2) is 22.2 Å². The van der Waals surface area contributed by atoms with Crippen LogP contribution in [0.15, 0.2) is 24.3 Å². The van der Waals surface area contributed by atoms with Crippen LogP contribution in [0.2, 0.25) is 0 Å². The highest BCUT2D eigenvalue weighted by Crippen LogP contribution is 2.04. The van der Waals surface area contributed by atoms with Gasteiger partial charge in [-0.1, -0.05) is 6.07 Å². The largest absolute Gasteiger partial charge is 0.478 e. The van der Waals surface area contributed by atoms with Gasteiger partial charge in [0, 0.05) is 0 Å². The van der Waals surface area contributed by atoms with E-state index < -0.39 is 11.9 Å². The van der Waals surface area contributed by atoms with E-state index in [2.05, 4.69) is 0 Å². The topological polar surface area (TPSA) is 192 Å². The summed E-state index contributed by atoms with van der Waals surface area (Å²) >= 11 is 0. The number of hydrogen-bond acceptors (Lipinski definition) is 2. The Balaban J connectivity index is 0. The third-order valence-electron chi connectivity index (χ3n) is 1.36. The molecule has 0 fully saturated rings. The Morgan fingerprint density at radius 1 is 0.889 bits per heavy atom. The van der Waals surface area contributed by atoms with Gasteiger partial charge in [-0.05, 0) is 18.2 Å². The van der Waals surface area contributed by atoms with Crippen LogP contribution >= 0.6 is 0 Å². The van der Waals surface area contributed by atoms with Crippen molar-refractivity contribution in [3.05, 3.63) is 67.3 Å². The molecular weight excluding hydrogens is 244 g/mol. The van der Waals surface area contributed by atoms with E-state index in [1.54, 1.807) is 0 Å². The number of carboxylic acid groups (broad SMARTS) is 2. The number of rotatable bonds is 2. The van der Waals surface area contributed by atoms with Gasteiger partial charge in [-0.25, -0.2) is 9.59 Å². The second-order valence-corrected chi connectivity index (χ2v) is 2.37. The lowest BCUT2D eigenvalue weighted by Crippen LogP contribution is -2.01. The Morgan fingerprint density at radius 3 is 1.39 bits per heavy atom. The summed E-state index contributed by atoms with van der Waals surface area (Å²) in [6.45, 7) is 0. The van der Waals surface area contributed by atoms with Crippen LogP contribution in [-0.2, 0) is 0 Å². The van der Waals surface area contributed by atoms with Crippen LogP contribution in [0.1, 0.15) is 20.7 Å². The number of carboxylic acids is 2. The van der Waals surface area contributed by atoms with E-state index in [1.165, 1.54) is 28.0 Å². The van der Waals surface area contributed by atoms with Crippen molar-refractivity contribution < 1.29 is 19.8 Å². The van der Waals surface area contributed by atoms with Gasteiger partial charge in [-0.2, -0.15) is 0 Å². The van der Waals surface area contributed by atoms with Crippen LogP contribution in [0.5, 0.6) is 0 Å². The van der Waals surface area contributed by atoms with Crippen LogP contribution in [0.4, 0.5) is 0 Å². The fraction of sp³-hybridized carbons (Fsp3) is 0. The number of hydrogen-bond donors (Lipinski definition) is 2. The molecule has 0 saturated carbocycles. The zero-order valence-electron chi connectivity index (χ0n) is 8.70. The Kier molecular flexibility index (Phi) is 9.84. The van der Waals surface area contributed by atoms with Crippen molar-refractivity contribution in [2.75, 3.05) is 0 Å². The Bertz CT molecular complexity index is 447. The molecule has 2 N–H and O–H groups in total. The standard InChI is InChI=1S/C8H6O4.2N3/c9-7(10)5-2-1-3-6(4-5)8(11)12;2*1-3-2/h1-4H,(H,9,10)(H,11,12);;/q;2*-1. The Morgan fingerprint density at radius 2 is 1.17 bits per heavy atom. The zero-order valence-corrected chi connectivity index (χ0v) is 8.70. The van der Waals surface area contributed by atoms with Crippen molar-refractivity contribution in [2.24, 2.45) is 0 Å². The van der Waals surface area contributed by atoms with Gasteiger partial charge < -0.3 is 32.3 Å². The molecule has 0 spiro atoms. The number of nitrogens with zero attached hydrogens (tertiary/aromatic N) is 6. The summed E-state index contributed by atoms with van der Waals surface area (Å²) in [6, 6.07) is 5.20. The molecule has 1 aromatic rings. The highest BCUT2D eigenvalue weighted by molar-refractivity contribution is 5.93. The van der Waals surface area contributed by atoms with E-state index in [1.807, 2.05) is 0 Å². The highest BCUT2D eigenvalue weighted by Gasteiger charge is 2.06. The highest BCUT2D eigenvalue weighted by atomic mass is 16.4. The van der Waals surface area contributed by atoms with Crippen molar-refractivity contribution >= 4 is 11.9 Å². The molecule has 0 bridgehead atoms. The summed E-state index contributed by atoms with van der Waals surface area (Å²) in [5.41, 5.74) is 27.0. The fourth-order valence-corrected chi connectivity index (χ4v) is 0.785. The number of carbonyl (C=O) groups is 2. The van der Waals surface area contributed by atoms with E-state index in [-0.39, 0.29) is 11.1 Å². The van der Waals surface area contributed by atoms with Crippen molar-refractivity contribution in [3.63, 3.8) is 0 Å². The molecule has 0 aliphatic carbocycles. The Labute approximate surface area is 99.9 Å². The van der Waals surface area contributed by atoms with Gasteiger partial charge in [0.1, 0.15) is 0 Å². The summed E-state index contributed by atoms with van der Waals surface area (Å²) in [6.07, 6.45) is 0. The molecule has 10 heteroatoms. The van der Waals surface area contributed by atoms with Gasteiger partial charge in [0.05, 0.1) is 11.1 Å². The van der Waals surface area contributed by atoms with E-state index in [0.717, 1.165) is 6.07 Å². The third kappa shape index (κ3) is 8.12. The Hall–Kier alpha value is -3.22. The van der Waals surface area contributed by atoms with Gasteiger partial charge in [-0.3, -0.25) is 9.82 Å². The van der Waals surface area contributed by atoms with E-state index >= 15 is 0 Å². The summed E-state index contributed by atoms with van der Waals surface area (Å²) in [5, 5.41) is 17.0. The van der Waals surface area contributed by atoms with Gasteiger partial charge >= 0.3 is 11.9 Å². The number of benzene rings is 1. The van der Waals surface area contributed by atoms with Crippen molar-refractivity contribution in [3.8, 4) is 0 Å². The molecule has 0 unspecified atom stereocenters. The quantitative estimate of drug-likeness (QED) is 0.462. The molecule has 0 heterocycles. The van der Waals surface area contributed by atoms with Crippen LogP contribution < -0.4 is 0 Å². The summed E-state index contributed by atoms with van der Waals surface area (Å²) in [4.78, 5) is 23.8. The molecule has 0 aromatic heterocycles. The van der Waals surface area contributed by atoms with Crippen molar-refractivity contribution in [2.45, 2.75) is 0 Å². The van der Waals surface area contributed by atoms with Crippen LogP contribution in [0.25, 0.3) is 31.9 Å². The maximum atomic E-state index is 10.4. The van der Waals surface area contributed by atoms with E-state index in [9.17, 15) is 9.59 Å². The average molecular weight is 250 g/mol. The predicted molar refractivity (Wildman–Crippen MR) is 60.5 cm³/mol. The molecule has 0 amide bonds. The number of aromatic carboxylic acids is 2.